The van der Waals surface area contributed by atoms with E-state index in [-0.39, 0.29) is 0 Å². The summed E-state index contributed by atoms with van der Waals surface area (Å²) in [4.78, 5) is 51.0. The van der Waals surface area contributed by atoms with E-state index in [1.165, 1.54) is 14.2 Å². The van der Waals surface area contributed by atoms with Crippen molar-refractivity contribution >= 4 is 45.5 Å². The number of nitrogens with one attached hydrogen (secondary N) is 4. The van der Waals surface area contributed by atoms with Crippen LogP contribution in [0.3, 0.4) is 0 Å². The number of hydrogen-bond acceptors (Lipinski definition) is 8. The van der Waals surface area contributed by atoms with Crippen LogP contribution in [0.5, 0.6) is 11.5 Å². The first-order chi connectivity index (χ1) is 24.2. The third-order valence-corrected chi connectivity index (χ3v) is 8.84. The number of fused-ring (bicyclic) bond motifs is 2. The minimum atomic E-state index is -0.796. The standard InChI is InChI=1S/C38H38N4O8/c1-21-29(35(43)47-3)33(41-37(45)39-21)31-25-13-7-5-11-23(25)15-17-27(31)49-19-9-10-20-50-28-18-16-24-12-6-8-14-26(24)32(28)34-30(36(44)48-4)22(2)40-38(46)42-34/h5-8,11-18,33-34H,9-10,19-20H2,1-4H3,(H2,39,41,45)(H2,40,42,46). The zero-order chi connectivity index (χ0) is 35.4. The Balaban J connectivity index is 1.21. The number of ether oxygens (including phenoxy) is 4. The van der Waals surface area contributed by atoms with Crippen LogP contribution in [0.4, 0.5) is 9.59 Å². The lowest BCUT2D eigenvalue weighted by molar-refractivity contribution is -0.137. The number of unbranched alkanes of at least 4 members (excludes halogenated alkanes) is 1. The maximum Gasteiger partial charge on any atom is 0.337 e. The summed E-state index contributed by atoms with van der Waals surface area (Å²) in [6.45, 7) is 3.98. The van der Waals surface area contributed by atoms with E-state index in [0.717, 1.165) is 21.5 Å². The first-order valence-corrected chi connectivity index (χ1v) is 16.2. The molecule has 2 unspecified atom stereocenters. The van der Waals surface area contributed by atoms with E-state index >= 15 is 0 Å². The maximum atomic E-state index is 12.9. The predicted octanol–water partition coefficient (Wildman–Crippen LogP) is 5.83. The second kappa shape index (κ2) is 14.6. The van der Waals surface area contributed by atoms with E-state index in [9.17, 15) is 19.2 Å². The van der Waals surface area contributed by atoms with Gasteiger partial charge in [0, 0.05) is 22.5 Å². The Kier molecular flexibility index (Phi) is 9.89. The SMILES string of the molecule is COC(=O)C1=C(C)NC(=O)NC1c1c(OCCCCOc2ccc3ccccc3c2C2NC(=O)NC(C)=C2C(=O)OC)ccc2ccccc12. The van der Waals surface area contributed by atoms with Crippen LogP contribution in [0.2, 0.25) is 0 Å². The maximum absolute atomic E-state index is 12.9. The van der Waals surface area contributed by atoms with E-state index < -0.39 is 36.1 Å². The predicted molar refractivity (Wildman–Crippen MR) is 186 cm³/mol. The molecular formula is C38H38N4O8. The number of carbonyl (C=O) groups is 4. The third-order valence-electron chi connectivity index (χ3n) is 8.84. The third kappa shape index (κ3) is 6.64. The number of hydrogen-bond donors (Lipinski definition) is 4. The molecule has 12 nitrogen and oxygen atoms in total. The molecular weight excluding hydrogens is 640 g/mol. The average Bonchev–Trinajstić information content (AvgIpc) is 3.11. The van der Waals surface area contributed by atoms with Crippen LogP contribution >= 0.6 is 0 Å². The fourth-order valence-corrected chi connectivity index (χ4v) is 6.55. The molecule has 2 heterocycles. The number of methoxy groups -OCH3 is 2. The molecule has 4 amide bonds. The number of esters is 2. The molecule has 0 aromatic heterocycles. The highest BCUT2D eigenvalue weighted by molar-refractivity contribution is 5.99. The molecule has 4 aromatic rings. The van der Waals surface area contributed by atoms with Crippen molar-refractivity contribution in [2.45, 2.75) is 38.8 Å². The normalized spacial score (nSPS) is 17.4. The van der Waals surface area contributed by atoms with Gasteiger partial charge in [-0.3, -0.25) is 0 Å². The number of benzene rings is 4. The van der Waals surface area contributed by atoms with Gasteiger partial charge in [0.25, 0.3) is 0 Å². The molecule has 4 aromatic carbocycles. The van der Waals surface area contributed by atoms with Gasteiger partial charge in [-0.2, -0.15) is 0 Å². The summed E-state index contributed by atoms with van der Waals surface area (Å²) in [5.74, 6) is -0.0565. The van der Waals surface area contributed by atoms with Crippen LogP contribution in [0.1, 0.15) is 49.9 Å². The highest BCUT2D eigenvalue weighted by atomic mass is 16.5. The van der Waals surface area contributed by atoms with E-state index in [0.29, 0.717) is 71.2 Å². The highest BCUT2D eigenvalue weighted by Crippen LogP contribution is 2.40. The molecule has 6 rings (SSSR count). The summed E-state index contributed by atoms with van der Waals surface area (Å²) in [5.41, 5.74) is 2.70. The summed E-state index contributed by atoms with van der Waals surface area (Å²) in [6, 6.07) is 20.5. The second-order valence-corrected chi connectivity index (χ2v) is 11.9. The van der Waals surface area contributed by atoms with Gasteiger partial charge in [0.2, 0.25) is 0 Å². The molecule has 50 heavy (non-hydrogen) atoms. The fourth-order valence-electron chi connectivity index (χ4n) is 6.55. The number of allylic oxidation sites excluding steroid dienone is 2. The number of amides is 4. The van der Waals surface area contributed by atoms with Crippen LogP contribution in [0.15, 0.2) is 95.3 Å². The zero-order valence-corrected chi connectivity index (χ0v) is 28.2. The highest BCUT2D eigenvalue weighted by Gasteiger charge is 2.36. The Bertz CT molecular complexity index is 1920. The molecule has 0 fully saturated rings. The average molecular weight is 679 g/mol. The molecule has 0 bridgehead atoms. The zero-order valence-electron chi connectivity index (χ0n) is 28.2. The molecule has 258 valence electrons. The van der Waals surface area contributed by atoms with Gasteiger partial charge in [-0.25, -0.2) is 19.2 Å². The summed E-state index contributed by atoms with van der Waals surface area (Å²) in [6.07, 6.45) is 1.23. The molecule has 0 aliphatic carbocycles. The molecule has 2 aliphatic heterocycles. The van der Waals surface area contributed by atoms with Crippen molar-refractivity contribution in [2.75, 3.05) is 27.4 Å². The first kappa shape index (κ1) is 33.8. The summed E-state index contributed by atoms with van der Waals surface area (Å²) < 4.78 is 22.8. The molecule has 0 saturated carbocycles. The monoisotopic (exact) mass is 678 g/mol. The van der Waals surface area contributed by atoms with Crippen molar-refractivity contribution in [1.29, 1.82) is 0 Å². The quantitative estimate of drug-likeness (QED) is 0.114. The Morgan fingerprint density at radius 2 is 1.00 bits per heavy atom. The minimum absolute atomic E-state index is 0.290. The van der Waals surface area contributed by atoms with Gasteiger partial charge in [0.15, 0.2) is 0 Å². The van der Waals surface area contributed by atoms with E-state index in [4.69, 9.17) is 18.9 Å². The fraction of sp³-hybridized carbons (Fsp3) is 0.263. The molecule has 4 N–H and O–H groups in total. The molecule has 12 heteroatoms. The number of carbonyl (C=O) groups excluding carboxylic acids is 4. The van der Waals surface area contributed by atoms with Crippen LogP contribution in [0, 0.1) is 0 Å². The van der Waals surface area contributed by atoms with Crippen molar-refractivity contribution in [2.24, 2.45) is 0 Å². The summed E-state index contributed by atoms with van der Waals surface area (Å²) in [7, 11) is 2.61. The lowest BCUT2D eigenvalue weighted by Crippen LogP contribution is -2.45. The van der Waals surface area contributed by atoms with E-state index in [1.807, 2.05) is 72.8 Å². The van der Waals surface area contributed by atoms with Gasteiger partial charge >= 0.3 is 24.0 Å². The topological polar surface area (TPSA) is 153 Å². The minimum Gasteiger partial charge on any atom is -0.493 e. The smallest absolute Gasteiger partial charge is 0.337 e. The molecule has 2 atom stereocenters. The Hall–Kier alpha value is -6.04. The molecule has 0 saturated heterocycles. The van der Waals surface area contributed by atoms with Crippen LogP contribution in [-0.2, 0) is 19.1 Å². The Morgan fingerprint density at radius 1 is 0.600 bits per heavy atom. The van der Waals surface area contributed by atoms with Gasteiger partial charge in [0.05, 0.1) is 50.7 Å². The van der Waals surface area contributed by atoms with Gasteiger partial charge in [0.1, 0.15) is 11.5 Å². The van der Waals surface area contributed by atoms with Crippen LogP contribution in [0.25, 0.3) is 21.5 Å². The largest absolute Gasteiger partial charge is 0.493 e. The second-order valence-electron chi connectivity index (χ2n) is 11.9. The lowest BCUT2D eigenvalue weighted by Gasteiger charge is -2.30. The molecule has 0 radical (unpaired) electrons. The van der Waals surface area contributed by atoms with Gasteiger partial charge in [-0.1, -0.05) is 60.7 Å². The van der Waals surface area contributed by atoms with Crippen molar-refractivity contribution < 1.29 is 38.1 Å². The van der Waals surface area contributed by atoms with E-state index in [2.05, 4.69) is 21.3 Å². The lowest BCUT2D eigenvalue weighted by atomic mass is 9.90. The van der Waals surface area contributed by atoms with Crippen molar-refractivity contribution in [3.05, 3.63) is 106 Å². The number of urea groups is 2. The summed E-state index contributed by atoms with van der Waals surface area (Å²) in [5, 5.41) is 14.6. The first-order valence-electron chi connectivity index (χ1n) is 16.2. The van der Waals surface area contributed by atoms with Crippen molar-refractivity contribution in [1.82, 2.24) is 21.3 Å². The Morgan fingerprint density at radius 3 is 1.40 bits per heavy atom. The summed E-state index contributed by atoms with van der Waals surface area (Å²) >= 11 is 0. The van der Waals surface area contributed by atoms with Crippen molar-refractivity contribution in [3.63, 3.8) is 0 Å². The Labute approximate surface area is 288 Å². The van der Waals surface area contributed by atoms with Gasteiger partial charge in [-0.15, -0.1) is 0 Å². The van der Waals surface area contributed by atoms with Crippen LogP contribution in [-0.4, -0.2) is 51.4 Å². The van der Waals surface area contributed by atoms with Crippen molar-refractivity contribution in [3.8, 4) is 11.5 Å². The number of rotatable bonds is 11. The van der Waals surface area contributed by atoms with Gasteiger partial charge in [-0.05, 0) is 60.4 Å². The van der Waals surface area contributed by atoms with Crippen LogP contribution < -0.4 is 30.7 Å². The van der Waals surface area contributed by atoms with Gasteiger partial charge < -0.3 is 40.2 Å². The molecule has 2 aliphatic rings. The van der Waals surface area contributed by atoms with E-state index in [1.54, 1.807) is 13.8 Å². The molecule has 0 spiro atoms.